The van der Waals surface area contributed by atoms with Crippen molar-refractivity contribution in [2.45, 2.75) is 38.7 Å². The van der Waals surface area contributed by atoms with E-state index in [2.05, 4.69) is 0 Å². The maximum Gasteiger partial charge on any atom is 0.201 e. The van der Waals surface area contributed by atoms with E-state index in [4.69, 9.17) is 0 Å². The van der Waals surface area contributed by atoms with Gasteiger partial charge in [0.15, 0.2) is 0 Å². The van der Waals surface area contributed by atoms with E-state index in [1.165, 1.54) is 0 Å². The zero-order chi connectivity index (χ0) is 8.27. The molecule has 0 heterocycles. The van der Waals surface area contributed by atoms with Crippen LogP contribution in [0.1, 0.15) is 32.6 Å². The molecule has 0 amide bonds. The van der Waals surface area contributed by atoms with Crippen molar-refractivity contribution >= 4 is 6.29 Å². The van der Waals surface area contributed by atoms with Crippen LogP contribution >= 0.6 is 0 Å². The quantitative estimate of drug-likeness (QED) is 0.652. The first-order chi connectivity index (χ1) is 5.24. The van der Waals surface area contributed by atoms with Crippen molar-refractivity contribution in [3.05, 3.63) is 0 Å². The number of aliphatic hydroxyl groups excluding tert-OH is 1. The molecule has 0 aromatic rings. The summed E-state index contributed by atoms with van der Waals surface area (Å²) in [6, 6.07) is 0. The van der Waals surface area contributed by atoms with E-state index in [-0.39, 0.29) is 12.0 Å². The van der Waals surface area contributed by atoms with Crippen molar-refractivity contribution in [1.82, 2.24) is 0 Å². The molecule has 0 aromatic carbocycles. The second kappa shape index (κ2) is 3.86. The molecule has 0 aromatic heterocycles. The Labute approximate surface area is 67.6 Å². The lowest BCUT2D eigenvalue weighted by Crippen LogP contribution is -2.24. The van der Waals surface area contributed by atoms with Gasteiger partial charge in [0, 0.05) is 5.92 Å². The molecule has 3 atom stereocenters. The molecule has 1 N–H and O–H groups in total. The van der Waals surface area contributed by atoms with Crippen molar-refractivity contribution < 1.29 is 9.90 Å². The summed E-state index contributed by atoms with van der Waals surface area (Å²) in [7, 11) is 0. The number of hydrogen-bond acceptors (Lipinski definition) is 2. The van der Waals surface area contributed by atoms with Gasteiger partial charge in [-0.05, 0) is 25.2 Å². The van der Waals surface area contributed by atoms with Gasteiger partial charge in [0.2, 0.25) is 6.29 Å². The van der Waals surface area contributed by atoms with Crippen LogP contribution in [-0.4, -0.2) is 17.5 Å². The second-order valence-electron chi connectivity index (χ2n) is 3.49. The molecule has 1 radical (unpaired) electrons. The maximum atomic E-state index is 10.3. The molecule has 2 heteroatoms. The molecule has 0 saturated heterocycles. The highest BCUT2D eigenvalue weighted by Crippen LogP contribution is 2.28. The van der Waals surface area contributed by atoms with E-state index >= 15 is 0 Å². The zero-order valence-corrected chi connectivity index (χ0v) is 6.92. The summed E-state index contributed by atoms with van der Waals surface area (Å²) >= 11 is 0. The Hall–Kier alpha value is -0.370. The molecule has 1 saturated carbocycles. The summed E-state index contributed by atoms with van der Waals surface area (Å²) in [5.41, 5.74) is 0. The van der Waals surface area contributed by atoms with Crippen molar-refractivity contribution in [2.24, 2.45) is 11.8 Å². The fraction of sp³-hybridized carbons (Fsp3) is 0.889. The lowest BCUT2D eigenvalue weighted by Gasteiger charge is -2.27. The Balaban J connectivity index is 2.38. The fourth-order valence-electron chi connectivity index (χ4n) is 1.75. The van der Waals surface area contributed by atoms with Crippen LogP contribution in [0, 0.1) is 11.8 Å². The van der Waals surface area contributed by atoms with E-state index in [1.807, 2.05) is 13.2 Å². The van der Waals surface area contributed by atoms with Gasteiger partial charge in [-0.15, -0.1) is 0 Å². The molecule has 1 rings (SSSR count). The van der Waals surface area contributed by atoms with Crippen LogP contribution in [0.15, 0.2) is 0 Å². The molecule has 3 unspecified atom stereocenters. The SMILES string of the molecule is CC([C]=O)C1CCCC(O)C1. The number of rotatable bonds is 2. The van der Waals surface area contributed by atoms with Gasteiger partial charge in [-0.25, -0.2) is 0 Å². The van der Waals surface area contributed by atoms with Crippen molar-refractivity contribution in [3.63, 3.8) is 0 Å². The predicted octanol–water partition coefficient (Wildman–Crippen LogP) is 1.28. The maximum absolute atomic E-state index is 10.3. The molecule has 1 fully saturated rings. The van der Waals surface area contributed by atoms with E-state index in [9.17, 15) is 9.90 Å². The van der Waals surface area contributed by atoms with E-state index in [1.54, 1.807) is 0 Å². The molecule has 2 nitrogen and oxygen atoms in total. The van der Waals surface area contributed by atoms with Gasteiger partial charge < -0.3 is 5.11 Å². The van der Waals surface area contributed by atoms with Gasteiger partial charge in [-0.1, -0.05) is 13.3 Å². The zero-order valence-electron chi connectivity index (χ0n) is 6.92. The standard InChI is InChI=1S/C9H15O2/c1-7(6-10)8-3-2-4-9(11)5-8/h7-9,11H,2-5H2,1H3. The second-order valence-corrected chi connectivity index (χ2v) is 3.49. The molecular formula is C9H15O2. The van der Waals surface area contributed by atoms with Gasteiger partial charge in [0.05, 0.1) is 6.10 Å². The molecule has 11 heavy (non-hydrogen) atoms. The number of aliphatic hydroxyl groups is 1. The van der Waals surface area contributed by atoms with Crippen LogP contribution in [0.3, 0.4) is 0 Å². The first-order valence-corrected chi connectivity index (χ1v) is 4.29. The fourth-order valence-corrected chi connectivity index (χ4v) is 1.75. The predicted molar refractivity (Wildman–Crippen MR) is 42.8 cm³/mol. The Morgan fingerprint density at radius 1 is 1.55 bits per heavy atom. The van der Waals surface area contributed by atoms with Crippen LogP contribution in [-0.2, 0) is 4.79 Å². The number of carbonyl (C=O) groups excluding carboxylic acids is 1. The first-order valence-electron chi connectivity index (χ1n) is 4.29. The van der Waals surface area contributed by atoms with E-state index in [0.717, 1.165) is 25.7 Å². The normalized spacial score (nSPS) is 34.7. The summed E-state index contributed by atoms with van der Waals surface area (Å²) in [6.45, 7) is 1.88. The topological polar surface area (TPSA) is 37.3 Å². The summed E-state index contributed by atoms with van der Waals surface area (Å²) < 4.78 is 0. The van der Waals surface area contributed by atoms with Crippen LogP contribution in [0.2, 0.25) is 0 Å². The third kappa shape index (κ3) is 2.29. The van der Waals surface area contributed by atoms with E-state index in [0.29, 0.717) is 5.92 Å². The molecule has 1 aliphatic carbocycles. The highest BCUT2D eigenvalue weighted by atomic mass is 16.3. The van der Waals surface area contributed by atoms with Gasteiger partial charge in [-0.2, -0.15) is 0 Å². The average molecular weight is 155 g/mol. The monoisotopic (exact) mass is 155 g/mol. The van der Waals surface area contributed by atoms with Crippen LogP contribution < -0.4 is 0 Å². The van der Waals surface area contributed by atoms with Crippen LogP contribution in [0.5, 0.6) is 0 Å². The molecular weight excluding hydrogens is 140 g/mol. The van der Waals surface area contributed by atoms with Gasteiger partial charge in [-0.3, -0.25) is 4.79 Å². The lowest BCUT2D eigenvalue weighted by atomic mass is 9.80. The van der Waals surface area contributed by atoms with E-state index < -0.39 is 0 Å². The average Bonchev–Trinajstić information content (AvgIpc) is 2.03. The van der Waals surface area contributed by atoms with Gasteiger partial charge in [0.25, 0.3) is 0 Å². The Bertz CT molecular complexity index is 134. The van der Waals surface area contributed by atoms with Crippen molar-refractivity contribution in [2.75, 3.05) is 0 Å². The first kappa shape index (κ1) is 8.72. The third-order valence-corrected chi connectivity index (χ3v) is 2.58. The van der Waals surface area contributed by atoms with Gasteiger partial charge >= 0.3 is 0 Å². The molecule has 1 aliphatic rings. The summed E-state index contributed by atoms with van der Waals surface area (Å²) in [5, 5.41) is 9.29. The summed E-state index contributed by atoms with van der Waals surface area (Å²) in [6.07, 6.45) is 5.64. The lowest BCUT2D eigenvalue weighted by molar-refractivity contribution is 0.0920. The Morgan fingerprint density at radius 2 is 2.27 bits per heavy atom. The minimum absolute atomic E-state index is 0.00458. The molecule has 0 spiro atoms. The summed E-state index contributed by atoms with van der Waals surface area (Å²) in [4.78, 5) is 10.3. The van der Waals surface area contributed by atoms with Crippen LogP contribution in [0.4, 0.5) is 0 Å². The number of hydrogen-bond donors (Lipinski definition) is 1. The van der Waals surface area contributed by atoms with Gasteiger partial charge in [0.1, 0.15) is 0 Å². The third-order valence-electron chi connectivity index (χ3n) is 2.58. The minimum atomic E-state index is -0.176. The smallest absolute Gasteiger partial charge is 0.201 e. The largest absolute Gasteiger partial charge is 0.393 e. The van der Waals surface area contributed by atoms with Crippen molar-refractivity contribution in [1.29, 1.82) is 0 Å². The highest BCUT2D eigenvalue weighted by Gasteiger charge is 2.24. The molecule has 0 aliphatic heterocycles. The Kier molecular flexibility index (Phi) is 3.06. The molecule has 63 valence electrons. The summed E-state index contributed by atoms with van der Waals surface area (Å²) in [5.74, 6) is 0.376. The molecule has 0 bridgehead atoms. The Morgan fingerprint density at radius 3 is 2.82 bits per heavy atom. The van der Waals surface area contributed by atoms with Crippen molar-refractivity contribution in [3.8, 4) is 0 Å². The highest BCUT2D eigenvalue weighted by molar-refractivity contribution is 5.54. The minimum Gasteiger partial charge on any atom is -0.393 e. The van der Waals surface area contributed by atoms with Crippen LogP contribution in [0.25, 0.3) is 0 Å².